The SMILES string of the molecule is CSC[C@](O)(c1ccccc1)[C@@H]1O[C@@H]2C[C@H](C)CC[C@H]2C(C)(C)S1. The van der Waals surface area contributed by atoms with Gasteiger partial charge in [-0.25, -0.2) is 0 Å². The van der Waals surface area contributed by atoms with E-state index in [1.165, 1.54) is 12.8 Å². The van der Waals surface area contributed by atoms with E-state index < -0.39 is 5.60 Å². The molecule has 134 valence electrons. The summed E-state index contributed by atoms with van der Waals surface area (Å²) in [6.45, 7) is 7.01. The molecule has 1 aromatic rings. The Morgan fingerprint density at radius 3 is 2.67 bits per heavy atom. The molecule has 1 aliphatic carbocycles. The molecule has 1 aliphatic heterocycles. The highest BCUT2D eigenvalue weighted by Gasteiger charge is 2.52. The number of aliphatic hydroxyl groups is 1. The molecule has 5 atom stereocenters. The van der Waals surface area contributed by atoms with Crippen molar-refractivity contribution in [3.05, 3.63) is 35.9 Å². The number of benzene rings is 1. The maximum atomic E-state index is 11.6. The summed E-state index contributed by atoms with van der Waals surface area (Å²) in [5.41, 5.74) is -0.197. The van der Waals surface area contributed by atoms with Crippen molar-refractivity contribution in [1.29, 1.82) is 0 Å². The molecule has 1 saturated carbocycles. The van der Waals surface area contributed by atoms with Crippen molar-refractivity contribution in [1.82, 2.24) is 0 Å². The van der Waals surface area contributed by atoms with Crippen molar-refractivity contribution in [2.24, 2.45) is 11.8 Å². The van der Waals surface area contributed by atoms with Gasteiger partial charge >= 0.3 is 0 Å². The van der Waals surface area contributed by atoms with Crippen LogP contribution >= 0.6 is 23.5 Å². The highest BCUT2D eigenvalue weighted by Crippen LogP contribution is 2.54. The molecule has 0 amide bonds. The lowest BCUT2D eigenvalue weighted by Crippen LogP contribution is -2.55. The van der Waals surface area contributed by atoms with Crippen LogP contribution in [-0.4, -0.2) is 33.4 Å². The second-order valence-corrected chi connectivity index (χ2v) is 10.6. The van der Waals surface area contributed by atoms with Gasteiger partial charge < -0.3 is 9.84 Å². The third kappa shape index (κ3) is 3.53. The minimum absolute atomic E-state index is 0.134. The lowest BCUT2D eigenvalue weighted by molar-refractivity contribution is -0.128. The zero-order valence-electron chi connectivity index (χ0n) is 15.2. The Hall–Kier alpha value is -0.160. The van der Waals surface area contributed by atoms with E-state index >= 15 is 0 Å². The van der Waals surface area contributed by atoms with Gasteiger partial charge in [-0.1, -0.05) is 57.5 Å². The molecular formula is C20H30O2S2. The summed E-state index contributed by atoms with van der Waals surface area (Å²) < 4.78 is 6.70. The quantitative estimate of drug-likeness (QED) is 0.820. The van der Waals surface area contributed by atoms with Crippen LogP contribution in [0.4, 0.5) is 0 Å². The van der Waals surface area contributed by atoms with Gasteiger partial charge in [0.05, 0.1) is 6.10 Å². The van der Waals surface area contributed by atoms with E-state index in [-0.39, 0.29) is 16.3 Å². The summed E-state index contributed by atoms with van der Waals surface area (Å²) in [4.78, 5) is 0. The van der Waals surface area contributed by atoms with Gasteiger partial charge in [0.1, 0.15) is 11.0 Å². The van der Waals surface area contributed by atoms with Crippen LogP contribution in [0.2, 0.25) is 0 Å². The van der Waals surface area contributed by atoms with Crippen LogP contribution in [0.3, 0.4) is 0 Å². The molecule has 1 heterocycles. The monoisotopic (exact) mass is 366 g/mol. The van der Waals surface area contributed by atoms with Crippen LogP contribution in [0.25, 0.3) is 0 Å². The topological polar surface area (TPSA) is 29.5 Å². The van der Waals surface area contributed by atoms with Crippen LogP contribution in [-0.2, 0) is 10.3 Å². The Morgan fingerprint density at radius 2 is 2.00 bits per heavy atom. The fourth-order valence-electron chi connectivity index (χ4n) is 4.27. The molecule has 1 N–H and O–H groups in total. The summed E-state index contributed by atoms with van der Waals surface area (Å²) in [5, 5.41) is 11.6. The Balaban J connectivity index is 1.91. The van der Waals surface area contributed by atoms with Gasteiger partial charge in [0.25, 0.3) is 0 Å². The highest BCUT2D eigenvalue weighted by molar-refractivity contribution is 8.01. The van der Waals surface area contributed by atoms with Crippen molar-refractivity contribution in [2.75, 3.05) is 12.0 Å². The molecule has 0 unspecified atom stereocenters. The van der Waals surface area contributed by atoms with Gasteiger partial charge in [0.15, 0.2) is 0 Å². The molecule has 4 heteroatoms. The predicted octanol–water partition coefficient (Wildman–Crippen LogP) is 4.91. The van der Waals surface area contributed by atoms with E-state index in [1.54, 1.807) is 11.8 Å². The Labute approximate surface area is 155 Å². The molecule has 2 fully saturated rings. The molecule has 0 spiro atoms. The Morgan fingerprint density at radius 1 is 1.29 bits per heavy atom. The normalized spacial score (nSPS) is 35.0. The number of hydrogen-bond acceptors (Lipinski definition) is 4. The van der Waals surface area contributed by atoms with Gasteiger partial charge in [0, 0.05) is 10.5 Å². The largest absolute Gasteiger partial charge is 0.381 e. The van der Waals surface area contributed by atoms with Crippen LogP contribution in [0.15, 0.2) is 30.3 Å². The van der Waals surface area contributed by atoms with Crippen molar-refractivity contribution in [3.63, 3.8) is 0 Å². The summed E-state index contributed by atoms with van der Waals surface area (Å²) in [5.74, 6) is 1.96. The summed E-state index contributed by atoms with van der Waals surface area (Å²) >= 11 is 3.52. The maximum Gasteiger partial charge on any atom is 0.137 e. The molecule has 24 heavy (non-hydrogen) atoms. The first kappa shape index (κ1) is 18.6. The second kappa shape index (κ2) is 7.22. The van der Waals surface area contributed by atoms with Gasteiger partial charge in [-0.3, -0.25) is 0 Å². The van der Waals surface area contributed by atoms with E-state index in [9.17, 15) is 5.11 Å². The minimum atomic E-state index is -0.950. The number of ether oxygens (including phenoxy) is 1. The van der Waals surface area contributed by atoms with Gasteiger partial charge in [-0.05, 0) is 36.5 Å². The average Bonchev–Trinajstić information content (AvgIpc) is 2.54. The van der Waals surface area contributed by atoms with Gasteiger partial charge in [-0.2, -0.15) is 11.8 Å². The predicted molar refractivity (Wildman–Crippen MR) is 106 cm³/mol. The summed E-state index contributed by atoms with van der Waals surface area (Å²) in [6.07, 6.45) is 5.98. The van der Waals surface area contributed by atoms with Gasteiger partial charge in [0.2, 0.25) is 0 Å². The van der Waals surface area contributed by atoms with Crippen molar-refractivity contribution in [3.8, 4) is 0 Å². The maximum absolute atomic E-state index is 11.6. The van der Waals surface area contributed by atoms with Crippen LogP contribution < -0.4 is 0 Å². The van der Waals surface area contributed by atoms with Crippen LogP contribution in [0, 0.1) is 11.8 Å². The first-order chi connectivity index (χ1) is 11.4. The fraction of sp³-hybridized carbons (Fsp3) is 0.700. The smallest absolute Gasteiger partial charge is 0.137 e. The molecule has 2 nitrogen and oxygen atoms in total. The number of rotatable bonds is 4. The number of fused-ring (bicyclic) bond motifs is 1. The van der Waals surface area contributed by atoms with Crippen molar-refractivity contribution < 1.29 is 9.84 Å². The van der Waals surface area contributed by atoms with E-state index in [0.717, 1.165) is 17.9 Å². The second-order valence-electron chi connectivity index (χ2n) is 7.98. The first-order valence-electron chi connectivity index (χ1n) is 8.97. The Kier molecular flexibility index (Phi) is 5.60. The summed E-state index contributed by atoms with van der Waals surface area (Å²) in [7, 11) is 0. The minimum Gasteiger partial charge on any atom is -0.381 e. The molecule has 2 aliphatic rings. The lowest BCUT2D eigenvalue weighted by atomic mass is 9.74. The molecule has 1 saturated heterocycles. The van der Waals surface area contributed by atoms with Crippen molar-refractivity contribution >= 4 is 23.5 Å². The van der Waals surface area contributed by atoms with E-state index in [4.69, 9.17) is 4.74 Å². The fourth-order valence-corrected chi connectivity index (χ4v) is 6.74. The average molecular weight is 367 g/mol. The molecule has 0 radical (unpaired) electrons. The van der Waals surface area contributed by atoms with Crippen LogP contribution in [0.1, 0.15) is 45.6 Å². The zero-order chi connectivity index (χ0) is 17.4. The van der Waals surface area contributed by atoms with Gasteiger partial charge in [-0.15, -0.1) is 11.8 Å². The lowest BCUT2D eigenvalue weighted by Gasteiger charge is -2.53. The molecule has 0 bridgehead atoms. The number of thioether (sulfide) groups is 2. The third-order valence-electron chi connectivity index (χ3n) is 5.68. The number of hydrogen-bond donors (Lipinski definition) is 1. The third-order valence-corrected chi connectivity index (χ3v) is 8.04. The first-order valence-corrected chi connectivity index (χ1v) is 11.2. The van der Waals surface area contributed by atoms with Crippen LogP contribution in [0.5, 0.6) is 0 Å². The zero-order valence-corrected chi connectivity index (χ0v) is 16.8. The van der Waals surface area contributed by atoms with E-state index in [2.05, 4.69) is 27.0 Å². The standard InChI is InChI=1S/C20H30O2S2/c1-14-10-11-16-17(12-14)22-18(24-19(16,2)3)20(21,13-23-4)15-8-6-5-7-9-15/h5-9,14,16-18,21H,10-13H2,1-4H3/t14-,16-,17-,18-,20+/m1/s1. The highest BCUT2D eigenvalue weighted by atomic mass is 32.2. The molecule has 3 rings (SSSR count). The molecular weight excluding hydrogens is 336 g/mol. The summed E-state index contributed by atoms with van der Waals surface area (Å²) in [6, 6.07) is 10.1. The van der Waals surface area contributed by atoms with Crippen molar-refractivity contribution in [2.45, 2.75) is 61.9 Å². The van der Waals surface area contributed by atoms with E-state index in [1.807, 2.05) is 42.1 Å². The van der Waals surface area contributed by atoms with E-state index in [0.29, 0.717) is 11.7 Å². The Bertz CT molecular complexity index is 548. The molecule has 0 aromatic heterocycles. The molecule has 1 aromatic carbocycles.